The third kappa shape index (κ3) is 2.80. The number of carbonyl (C=O) groups excluding carboxylic acids is 1. The Kier molecular flexibility index (Phi) is 3.61. The lowest BCUT2D eigenvalue weighted by molar-refractivity contribution is -0.121. The second-order valence-electron chi connectivity index (χ2n) is 6.10. The van der Waals surface area contributed by atoms with Crippen molar-refractivity contribution in [3.63, 3.8) is 0 Å². The summed E-state index contributed by atoms with van der Waals surface area (Å²) in [7, 11) is 0. The minimum atomic E-state index is -0.265. The van der Waals surface area contributed by atoms with Crippen molar-refractivity contribution in [3.8, 4) is 0 Å². The minimum Gasteiger partial charge on any atom is -0.351 e. The normalized spacial score (nSPS) is 19.2. The zero-order valence-corrected chi connectivity index (χ0v) is 13.1. The molecule has 1 N–H and O–H groups in total. The molecule has 2 atom stereocenters. The summed E-state index contributed by atoms with van der Waals surface area (Å²) in [5, 5.41) is 3.02. The second kappa shape index (κ2) is 5.92. The number of nitrogens with one attached hydrogen (secondary N) is 1. The van der Waals surface area contributed by atoms with E-state index in [0.717, 1.165) is 6.42 Å². The van der Waals surface area contributed by atoms with Crippen LogP contribution in [0.2, 0.25) is 0 Å². The molecule has 1 fully saturated rings. The summed E-state index contributed by atoms with van der Waals surface area (Å²) in [4.78, 5) is 28.5. The number of para-hydroxylation sites is 2. The van der Waals surface area contributed by atoms with Crippen molar-refractivity contribution in [2.24, 2.45) is 0 Å². The smallest absolute Gasteiger partial charge is 0.269 e. The molecule has 4 rings (SSSR count). The van der Waals surface area contributed by atoms with Crippen LogP contribution in [-0.2, 0) is 11.3 Å². The number of aromatic nitrogens is 2. The number of carbonyl (C=O) groups is 1. The summed E-state index contributed by atoms with van der Waals surface area (Å²) < 4.78 is 1.47. The molecule has 0 radical (unpaired) electrons. The van der Waals surface area contributed by atoms with Crippen LogP contribution in [0.5, 0.6) is 0 Å². The van der Waals surface area contributed by atoms with Crippen LogP contribution in [0.15, 0.2) is 65.6 Å². The average molecular weight is 319 g/mol. The highest BCUT2D eigenvalue weighted by molar-refractivity contribution is 5.80. The lowest BCUT2D eigenvalue weighted by atomic mass is 10.1. The highest BCUT2D eigenvalue weighted by Gasteiger charge is 2.39. The molecule has 5 nitrogen and oxygen atoms in total. The highest BCUT2D eigenvalue weighted by atomic mass is 16.2. The highest BCUT2D eigenvalue weighted by Crippen LogP contribution is 2.40. The van der Waals surface area contributed by atoms with E-state index in [9.17, 15) is 9.59 Å². The second-order valence-corrected chi connectivity index (χ2v) is 6.10. The molecule has 120 valence electrons. The van der Waals surface area contributed by atoms with Gasteiger partial charge in [-0.05, 0) is 24.1 Å². The van der Waals surface area contributed by atoms with E-state index >= 15 is 0 Å². The van der Waals surface area contributed by atoms with Crippen molar-refractivity contribution >= 4 is 16.9 Å². The van der Waals surface area contributed by atoms with Crippen molar-refractivity contribution in [3.05, 3.63) is 76.7 Å². The van der Waals surface area contributed by atoms with Crippen molar-refractivity contribution in [1.29, 1.82) is 0 Å². The predicted molar refractivity (Wildman–Crippen MR) is 91.7 cm³/mol. The first-order chi connectivity index (χ1) is 11.7. The zero-order valence-electron chi connectivity index (χ0n) is 13.1. The van der Waals surface area contributed by atoms with Crippen LogP contribution >= 0.6 is 0 Å². The summed E-state index contributed by atoms with van der Waals surface area (Å²) >= 11 is 0. The van der Waals surface area contributed by atoms with Gasteiger partial charge in [-0.1, -0.05) is 42.5 Å². The lowest BCUT2D eigenvalue weighted by Gasteiger charge is -2.10. The van der Waals surface area contributed by atoms with E-state index < -0.39 is 0 Å². The molecule has 0 saturated heterocycles. The Balaban J connectivity index is 1.48. The Morgan fingerprint density at radius 3 is 2.71 bits per heavy atom. The van der Waals surface area contributed by atoms with Gasteiger partial charge in [-0.15, -0.1) is 0 Å². The van der Waals surface area contributed by atoms with Gasteiger partial charge >= 0.3 is 0 Å². The van der Waals surface area contributed by atoms with Crippen LogP contribution < -0.4 is 10.9 Å². The largest absolute Gasteiger partial charge is 0.351 e. The summed E-state index contributed by atoms with van der Waals surface area (Å²) in [6, 6.07) is 17.7. The number of benzene rings is 2. The zero-order chi connectivity index (χ0) is 16.5. The number of rotatable bonds is 4. The summed E-state index contributed by atoms with van der Waals surface area (Å²) in [6.07, 6.45) is 2.21. The lowest BCUT2D eigenvalue weighted by Crippen LogP contribution is -2.34. The fourth-order valence-electron chi connectivity index (χ4n) is 3.10. The summed E-state index contributed by atoms with van der Waals surface area (Å²) in [6.45, 7) is 0.0138. The van der Waals surface area contributed by atoms with Crippen LogP contribution in [0.4, 0.5) is 0 Å². The van der Waals surface area contributed by atoms with Crippen LogP contribution in [0.3, 0.4) is 0 Å². The standard InChI is InChI=1S/C19H17N3O2/c23-18(21-16-10-14(16)13-6-2-1-3-7-13)12-22-17-9-5-4-8-15(17)20-11-19(22)24/h1-9,11,14,16H,10,12H2,(H,21,23)/t14-,16-/m0/s1. The van der Waals surface area contributed by atoms with E-state index in [2.05, 4.69) is 22.4 Å². The molecule has 1 amide bonds. The van der Waals surface area contributed by atoms with Gasteiger partial charge in [0.2, 0.25) is 5.91 Å². The Hall–Kier alpha value is -2.95. The molecule has 1 aliphatic rings. The number of hydrogen-bond acceptors (Lipinski definition) is 3. The van der Waals surface area contributed by atoms with Gasteiger partial charge in [0.15, 0.2) is 0 Å². The monoisotopic (exact) mass is 319 g/mol. The molecule has 0 unspecified atom stereocenters. The Labute approximate surface area is 139 Å². The minimum absolute atomic E-state index is 0.0138. The molecule has 5 heteroatoms. The van der Waals surface area contributed by atoms with Gasteiger partial charge in [0, 0.05) is 12.0 Å². The number of nitrogens with zero attached hydrogens (tertiary/aromatic N) is 2. The fraction of sp³-hybridized carbons (Fsp3) is 0.211. The summed E-state index contributed by atoms with van der Waals surface area (Å²) in [5.41, 5.74) is 2.36. The molecule has 3 aromatic rings. The predicted octanol–water partition coefficient (Wildman–Crippen LogP) is 2.07. The maximum absolute atomic E-state index is 12.3. The van der Waals surface area contributed by atoms with Gasteiger partial charge < -0.3 is 5.32 Å². The van der Waals surface area contributed by atoms with Crippen LogP contribution in [-0.4, -0.2) is 21.5 Å². The number of amides is 1. The molecule has 0 spiro atoms. The van der Waals surface area contributed by atoms with Gasteiger partial charge in [-0.3, -0.25) is 14.2 Å². The SMILES string of the molecule is O=C(Cn1c(=O)cnc2ccccc21)N[C@H]1C[C@H]1c1ccccc1. The molecule has 2 aromatic carbocycles. The molecule has 24 heavy (non-hydrogen) atoms. The van der Waals surface area contributed by atoms with Gasteiger partial charge in [-0.25, -0.2) is 4.98 Å². The molecule has 1 saturated carbocycles. The quantitative estimate of drug-likeness (QED) is 0.801. The van der Waals surface area contributed by atoms with Crippen LogP contribution in [0.1, 0.15) is 17.9 Å². The Morgan fingerprint density at radius 2 is 1.88 bits per heavy atom. The van der Waals surface area contributed by atoms with Crippen molar-refractivity contribution in [1.82, 2.24) is 14.9 Å². The maximum atomic E-state index is 12.3. The van der Waals surface area contributed by atoms with Crippen molar-refractivity contribution in [2.45, 2.75) is 24.9 Å². The first kappa shape index (κ1) is 14.6. The molecular formula is C19H17N3O2. The Bertz CT molecular complexity index is 949. The molecule has 0 aliphatic heterocycles. The topological polar surface area (TPSA) is 64.0 Å². The first-order valence-corrected chi connectivity index (χ1v) is 8.01. The Morgan fingerprint density at radius 1 is 1.12 bits per heavy atom. The third-order valence-electron chi connectivity index (χ3n) is 4.42. The maximum Gasteiger partial charge on any atom is 0.269 e. The van der Waals surface area contributed by atoms with Crippen LogP contribution in [0.25, 0.3) is 11.0 Å². The average Bonchev–Trinajstić information content (AvgIpc) is 3.37. The van der Waals surface area contributed by atoms with Gasteiger partial charge in [-0.2, -0.15) is 0 Å². The van der Waals surface area contributed by atoms with Crippen molar-refractivity contribution < 1.29 is 4.79 Å². The van der Waals surface area contributed by atoms with Gasteiger partial charge in [0.25, 0.3) is 5.56 Å². The van der Waals surface area contributed by atoms with Gasteiger partial charge in [0.1, 0.15) is 6.54 Å². The third-order valence-corrected chi connectivity index (χ3v) is 4.42. The fourth-order valence-corrected chi connectivity index (χ4v) is 3.10. The molecule has 1 aromatic heterocycles. The molecule has 0 bridgehead atoms. The number of hydrogen-bond donors (Lipinski definition) is 1. The van der Waals surface area contributed by atoms with Crippen LogP contribution in [0, 0.1) is 0 Å². The summed E-state index contributed by atoms with van der Waals surface area (Å²) in [5.74, 6) is 0.234. The van der Waals surface area contributed by atoms with E-state index in [1.807, 2.05) is 36.4 Å². The van der Waals surface area contributed by atoms with E-state index in [1.54, 1.807) is 6.07 Å². The van der Waals surface area contributed by atoms with E-state index in [0.29, 0.717) is 17.0 Å². The molecule has 1 heterocycles. The molecular weight excluding hydrogens is 302 g/mol. The molecule has 1 aliphatic carbocycles. The van der Waals surface area contributed by atoms with E-state index in [1.165, 1.54) is 16.3 Å². The van der Waals surface area contributed by atoms with E-state index in [4.69, 9.17) is 0 Å². The number of fused-ring (bicyclic) bond motifs is 1. The first-order valence-electron chi connectivity index (χ1n) is 8.01. The van der Waals surface area contributed by atoms with Gasteiger partial charge in [0.05, 0.1) is 17.2 Å². The van der Waals surface area contributed by atoms with Crippen molar-refractivity contribution in [2.75, 3.05) is 0 Å². The van der Waals surface area contributed by atoms with E-state index in [-0.39, 0.29) is 24.1 Å².